The standard InChI is InChI=1S/C10H20N2O2/c1-7(8-4-5-12-6-8)10(2,3)14-9(11)13/h7-8,12H,4-6H2,1-3H3,(H2,11,13)/t7-,8+/m1/s1. The molecule has 0 spiro atoms. The molecule has 0 aromatic rings. The van der Waals surface area contributed by atoms with Gasteiger partial charge in [-0.1, -0.05) is 6.92 Å². The zero-order chi connectivity index (χ0) is 10.8. The minimum atomic E-state index is -0.687. The molecule has 0 aromatic carbocycles. The molecule has 1 saturated heterocycles. The first-order valence-electron chi connectivity index (χ1n) is 5.12. The average Bonchev–Trinajstić information content (AvgIpc) is 2.51. The maximum atomic E-state index is 10.7. The van der Waals surface area contributed by atoms with Crippen LogP contribution < -0.4 is 11.1 Å². The van der Waals surface area contributed by atoms with Crippen molar-refractivity contribution in [3.8, 4) is 0 Å². The highest BCUT2D eigenvalue weighted by molar-refractivity contribution is 5.65. The Labute approximate surface area is 85.2 Å². The molecule has 3 N–H and O–H groups in total. The predicted octanol–water partition coefficient (Wildman–Crippen LogP) is 1.11. The van der Waals surface area contributed by atoms with Gasteiger partial charge in [0.1, 0.15) is 5.60 Å². The van der Waals surface area contributed by atoms with E-state index in [1.165, 1.54) is 0 Å². The van der Waals surface area contributed by atoms with Gasteiger partial charge in [0.15, 0.2) is 0 Å². The second kappa shape index (κ2) is 4.17. The van der Waals surface area contributed by atoms with Crippen molar-refractivity contribution in [2.75, 3.05) is 13.1 Å². The maximum Gasteiger partial charge on any atom is 0.405 e. The number of carbonyl (C=O) groups excluding carboxylic acids is 1. The Morgan fingerprint density at radius 2 is 2.29 bits per heavy atom. The maximum absolute atomic E-state index is 10.7. The molecule has 1 aliphatic heterocycles. The van der Waals surface area contributed by atoms with Crippen LogP contribution in [0.15, 0.2) is 0 Å². The summed E-state index contributed by atoms with van der Waals surface area (Å²) in [7, 11) is 0. The molecule has 0 saturated carbocycles. The summed E-state index contributed by atoms with van der Waals surface area (Å²) in [6.45, 7) is 8.01. The van der Waals surface area contributed by atoms with E-state index < -0.39 is 11.7 Å². The Hall–Kier alpha value is -0.770. The molecule has 0 radical (unpaired) electrons. The smallest absolute Gasteiger partial charge is 0.405 e. The first-order valence-corrected chi connectivity index (χ1v) is 5.12. The third kappa shape index (κ3) is 2.61. The van der Waals surface area contributed by atoms with Crippen LogP contribution in [0.2, 0.25) is 0 Å². The van der Waals surface area contributed by atoms with Gasteiger partial charge < -0.3 is 15.8 Å². The Morgan fingerprint density at radius 1 is 1.64 bits per heavy atom. The van der Waals surface area contributed by atoms with Gasteiger partial charge in [0, 0.05) is 0 Å². The van der Waals surface area contributed by atoms with Gasteiger partial charge in [0.05, 0.1) is 0 Å². The summed E-state index contributed by atoms with van der Waals surface area (Å²) in [6.07, 6.45) is 0.458. The third-order valence-corrected chi connectivity index (χ3v) is 3.27. The fourth-order valence-electron chi connectivity index (χ4n) is 2.02. The topological polar surface area (TPSA) is 64.3 Å². The Kier molecular flexibility index (Phi) is 3.37. The molecule has 0 aliphatic carbocycles. The highest BCUT2D eigenvalue weighted by atomic mass is 16.6. The van der Waals surface area contributed by atoms with Gasteiger partial charge >= 0.3 is 6.09 Å². The van der Waals surface area contributed by atoms with Crippen molar-refractivity contribution in [2.24, 2.45) is 17.6 Å². The number of nitrogens with one attached hydrogen (secondary N) is 1. The van der Waals surface area contributed by atoms with Crippen molar-refractivity contribution in [1.29, 1.82) is 0 Å². The number of hydrogen-bond acceptors (Lipinski definition) is 3. The number of primary amides is 1. The summed E-state index contributed by atoms with van der Waals surface area (Å²) < 4.78 is 5.12. The lowest BCUT2D eigenvalue weighted by molar-refractivity contribution is -0.0130. The zero-order valence-electron chi connectivity index (χ0n) is 9.17. The third-order valence-electron chi connectivity index (χ3n) is 3.27. The van der Waals surface area contributed by atoms with E-state index in [0.29, 0.717) is 11.8 Å². The molecule has 0 bridgehead atoms. The van der Waals surface area contributed by atoms with Crippen LogP contribution in [-0.2, 0) is 4.74 Å². The predicted molar refractivity (Wildman–Crippen MR) is 54.9 cm³/mol. The van der Waals surface area contributed by atoms with Crippen molar-refractivity contribution in [3.63, 3.8) is 0 Å². The molecular weight excluding hydrogens is 180 g/mol. The molecular formula is C10H20N2O2. The second-order valence-electron chi connectivity index (χ2n) is 4.57. The quantitative estimate of drug-likeness (QED) is 0.717. The largest absolute Gasteiger partial charge is 0.443 e. The number of carbonyl (C=O) groups is 1. The molecule has 14 heavy (non-hydrogen) atoms. The molecule has 1 rings (SSSR count). The van der Waals surface area contributed by atoms with Crippen LogP contribution in [0, 0.1) is 11.8 Å². The van der Waals surface area contributed by atoms with Crippen LogP contribution in [0.5, 0.6) is 0 Å². The van der Waals surface area contributed by atoms with E-state index in [9.17, 15) is 4.79 Å². The second-order valence-corrected chi connectivity index (χ2v) is 4.57. The van der Waals surface area contributed by atoms with E-state index in [1.807, 2.05) is 13.8 Å². The zero-order valence-corrected chi connectivity index (χ0v) is 9.17. The van der Waals surface area contributed by atoms with Gasteiger partial charge in [-0.25, -0.2) is 4.79 Å². The molecule has 1 fully saturated rings. The number of hydrogen-bond donors (Lipinski definition) is 2. The van der Waals surface area contributed by atoms with Crippen molar-refractivity contribution in [3.05, 3.63) is 0 Å². The van der Waals surface area contributed by atoms with Crippen LogP contribution in [0.25, 0.3) is 0 Å². The minimum Gasteiger partial charge on any atom is -0.443 e. The van der Waals surface area contributed by atoms with E-state index in [4.69, 9.17) is 10.5 Å². The first kappa shape index (κ1) is 11.3. The molecule has 1 heterocycles. The van der Waals surface area contributed by atoms with Gasteiger partial charge in [-0.2, -0.15) is 0 Å². The summed E-state index contributed by atoms with van der Waals surface area (Å²) in [5.74, 6) is 0.898. The number of rotatable bonds is 3. The van der Waals surface area contributed by atoms with Crippen LogP contribution >= 0.6 is 0 Å². The van der Waals surface area contributed by atoms with Crippen LogP contribution in [-0.4, -0.2) is 24.8 Å². The highest BCUT2D eigenvalue weighted by Crippen LogP contribution is 2.31. The lowest BCUT2D eigenvalue weighted by Crippen LogP contribution is -2.41. The molecule has 4 heteroatoms. The summed E-state index contributed by atoms with van der Waals surface area (Å²) in [4.78, 5) is 10.7. The van der Waals surface area contributed by atoms with Gasteiger partial charge in [0.2, 0.25) is 0 Å². The molecule has 4 nitrogen and oxygen atoms in total. The van der Waals surface area contributed by atoms with Gasteiger partial charge in [-0.15, -0.1) is 0 Å². The molecule has 0 unspecified atom stereocenters. The fraction of sp³-hybridized carbons (Fsp3) is 0.900. The van der Waals surface area contributed by atoms with Crippen molar-refractivity contribution in [1.82, 2.24) is 5.32 Å². The molecule has 1 aliphatic rings. The highest BCUT2D eigenvalue weighted by Gasteiger charge is 2.36. The van der Waals surface area contributed by atoms with E-state index in [2.05, 4.69) is 12.2 Å². The first-order chi connectivity index (χ1) is 6.43. The monoisotopic (exact) mass is 200 g/mol. The summed E-state index contributed by atoms with van der Waals surface area (Å²) in [5.41, 5.74) is 4.57. The lowest BCUT2D eigenvalue weighted by Gasteiger charge is -2.34. The molecule has 1 amide bonds. The van der Waals surface area contributed by atoms with Gasteiger partial charge in [0.25, 0.3) is 0 Å². The van der Waals surface area contributed by atoms with Crippen LogP contribution in [0.1, 0.15) is 27.2 Å². The van der Waals surface area contributed by atoms with Crippen molar-refractivity contribution < 1.29 is 9.53 Å². The summed E-state index contributed by atoms with van der Waals surface area (Å²) >= 11 is 0. The Balaban J connectivity index is 2.55. The fourth-order valence-corrected chi connectivity index (χ4v) is 2.02. The van der Waals surface area contributed by atoms with Crippen molar-refractivity contribution in [2.45, 2.75) is 32.8 Å². The minimum absolute atomic E-state index is 0.324. The Morgan fingerprint density at radius 3 is 2.71 bits per heavy atom. The SMILES string of the molecule is C[C@H]([C@H]1CCNC1)C(C)(C)OC(N)=O. The summed E-state index contributed by atoms with van der Waals surface area (Å²) in [6, 6.07) is 0. The van der Waals surface area contributed by atoms with E-state index >= 15 is 0 Å². The van der Waals surface area contributed by atoms with Gasteiger partial charge in [-0.3, -0.25) is 0 Å². The normalized spacial score (nSPS) is 24.6. The van der Waals surface area contributed by atoms with Gasteiger partial charge in [-0.05, 0) is 45.2 Å². The summed E-state index contributed by atoms with van der Waals surface area (Å²) in [5, 5.41) is 3.31. The number of ether oxygens (including phenoxy) is 1. The molecule has 0 aromatic heterocycles. The molecule has 2 atom stereocenters. The van der Waals surface area contributed by atoms with Crippen LogP contribution in [0.4, 0.5) is 4.79 Å². The lowest BCUT2D eigenvalue weighted by atomic mass is 9.81. The van der Waals surface area contributed by atoms with Crippen LogP contribution in [0.3, 0.4) is 0 Å². The van der Waals surface area contributed by atoms with E-state index in [1.54, 1.807) is 0 Å². The Bertz CT molecular complexity index is 210. The average molecular weight is 200 g/mol. The number of nitrogens with two attached hydrogens (primary N) is 1. The van der Waals surface area contributed by atoms with E-state index in [0.717, 1.165) is 19.5 Å². The molecule has 82 valence electrons. The number of amides is 1. The van der Waals surface area contributed by atoms with Crippen molar-refractivity contribution >= 4 is 6.09 Å². The van der Waals surface area contributed by atoms with E-state index in [-0.39, 0.29) is 0 Å².